The van der Waals surface area contributed by atoms with Crippen molar-refractivity contribution in [3.8, 4) is 5.75 Å². The molecule has 2 N–H and O–H groups in total. The summed E-state index contributed by atoms with van der Waals surface area (Å²) >= 11 is 5.89. The van der Waals surface area contributed by atoms with Crippen LogP contribution in [-0.4, -0.2) is 32.3 Å². The maximum Gasteiger partial charge on any atom is 0.266 e. The number of benzene rings is 1. The summed E-state index contributed by atoms with van der Waals surface area (Å²) in [6.45, 7) is 5.04. The second-order valence-corrected chi connectivity index (χ2v) is 7.90. The van der Waals surface area contributed by atoms with Crippen molar-refractivity contribution in [2.75, 3.05) is 23.7 Å². The Morgan fingerprint density at radius 3 is 2.44 bits per heavy atom. The summed E-state index contributed by atoms with van der Waals surface area (Å²) in [5.41, 5.74) is 0. The maximum atomic E-state index is 12.5. The van der Waals surface area contributed by atoms with E-state index in [2.05, 4.69) is 34.1 Å². The zero-order valence-corrected chi connectivity index (χ0v) is 15.9. The molecule has 25 heavy (non-hydrogen) atoms. The molecule has 0 unspecified atom stereocenters. The van der Waals surface area contributed by atoms with Crippen LogP contribution in [0.4, 0.5) is 11.6 Å². The highest BCUT2D eigenvalue weighted by atomic mass is 35.5. The minimum absolute atomic E-state index is 0.0663. The topological polar surface area (TPSA) is 93.2 Å². The van der Waals surface area contributed by atoms with Crippen molar-refractivity contribution in [1.82, 2.24) is 10.2 Å². The van der Waals surface area contributed by atoms with Gasteiger partial charge in [0.1, 0.15) is 16.5 Å². The van der Waals surface area contributed by atoms with E-state index in [0.717, 1.165) is 13.0 Å². The largest absolute Gasteiger partial charge is 0.495 e. The van der Waals surface area contributed by atoms with Crippen LogP contribution in [0.15, 0.2) is 35.2 Å². The molecular weight excluding hydrogens is 364 g/mol. The number of methoxy groups -OCH3 is 1. The van der Waals surface area contributed by atoms with Gasteiger partial charge < -0.3 is 10.1 Å². The Morgan fingerprint density at radius 2 is 1.84 bits per heavy atom. The first-order valence-corrected chi connectivity index (χ1v) is 9.62. The standard InChI is InChI=1S/C16H21ClN4O3S/c1-11(2)8-9-18-15-6-7-16(20-19-15)21-25(22,23)14-10-12(17)4-5-13(14)24-3/h4-7,10-11H,8-9H2,1-3H3,(H,18,19)(H,20,21). The van der Waals surface area contributed by atoms with Crippen LogP contribution in [-0.2, 0) is 10.0 Å². The van der Waals surface area contributed by atoms with Gasteiger partial charge in [-0.1, -0.05) is 25.4 Å². The number of hydrogen-bond donors (Lipinski definition) is 2. The van der Waals surface area contributed by atoms with E-state index in [1.165, 1.54) is 19.2 Å². The third kappa shape index (κ3) is 5.47. The molecule has 0 aliphatic heterocycles. The minimum Gasteiger partial charge on any atom is -0.495 e. The molecule has 0 bridgehead atoms. The highest BCUT2D eigenvalue weighted by molar-refractivity contribution is 7.92. The number of hydrogen-bond acceptors (Lipinski definition) is 6. The molecule has 1 aromatic heterocycles. The summed E-state index contributed by atoms with van der Waals surface area (Å²) in [6.07, 6.45) is 1.00. The molecule has 0 radical (unpaired) electrons. The van der Waals surface area contributed by atoms with E-state index in [9.17, 15) is 8.42 Å². The monoisotopic (exact) mass is 384 g/mol. The Hall–Kier alpha value is -2.06. The summed E-state index contributed by atoms with van der Waals surface area (Å²) in [5, 5.41) is 11.3. The van der Waals surface area contributed by atoms with Crippen molar-refractivity contribution < 1.29 is 13.2 Å². The van der Waals surface area contributed by atoms with E-state index in [1.807, 2.05) is 0 Å². The van der Waals surface area contributed by atoms with Gasteiger partial charge in [0.2, 0.25) is 0 Å². The van der Waals surface area contributed by atoms with Gasteiger partial charge in [0.25, 0.3) is 10.0 Å². The number of nitrogens with zero attached hydrogens (tertiary/aromatic N) is 2. The Labute approximate surface area is 152 Å². The third-order valence-electron chi connectivity index (χ3n) is 3.35. The lowest BCUT2D eigenvalue weighted by Gasteiger charge is -2.11. The normalized spacial score (nSPS) is 11.4. The van der Waals surface area contributed by atoms with E-state index >= 15 is 0 Å². The Balaban J connectivity index is 2.12. The molecule has 0 spiro atoms. The molecule has 0 fully saturated rings. The van der Waals surface area contributed by atoms with Crippen LogP contribution in [0.25, 0.3) is 0 Å². The molecule has 0 saturated heterocycles. The fourth-order valence-corrected chi connectivity index (χ4v) is 3.45. The first-order valence-electron chi connectivity index (χ1n) is 7.76. The molecule has 9 heteroatoms. The van der Waals surface area contributed by atoms with Crippen molar-refractivity contribution >= 4 is 33.3 Å². The number of nitrogens with one attached hydrogen (secondary N) is 2. The van der Waals surface area contributed by atoms with Gasteiger partial charge in [0, 0.05) is 11.6 Å². The van der Waals surface area contributed by atoms with E-state index in [4.69, 9.17) is 16.3 Å². The van der Waals surface area contributed by atoms with Crippen molar-refractivity contribution in [3.05, 3.63) is 35.4 Å². The van der Waals surface area contributed by atoms with Gasteiger partial charge in [-0.3, -0.25) is 4.72 Å². The van der Waals surface area contributed by atoms with Gasteiger partial charge in [-0.2, -0.15) is 0 Å². The molecule has 1 heterocycles. The first-order chi connectivity index (χ1) is 11.8. The van der Waals surface area contributed by atoms with Gasteiger partial charge in [-0.15, -0.1) is 10.2 Å². The Morgan fingerprint density at radius 1 is 1.16 bits per heavy atom. The summed E-state index contributed by atoms with van der Waals surface area (Å²) in [6, 6.07) is 7.57. The first kappa shape index (κ1) is 19.3. The number of sulfonamides is 1. The third-order valence-corrected chi connectivity index (χ3v) is 4.96. The average molecular weight is 385 g/mol. The maximum absolute atomic E-state index is 12.5. The van der Waals surface area contributed by atoms with Crippen LogP contribution < -0.4 is 14.8 Å². The van der Waals surface area contributed by atoms with Gasteiger partial charge in [-0.05, 0) is 42.7 Å². The molecule has 136 valence electrons. The second-order valence-electron chi connectivity index (χ2n) is 5.81. The fraction of sp³-hybridized carbons (Fsp3) is 0.375. The van der Waals surface area contributed by atoms with Gasteiger partial charge in [0.05, 0.1) is 7.11 Å². The number of aromatic nitrogens is 2. The lowest BCUT2D eigenvalue weighted by atomic mass is 10.1. The van der Waals surface area contributed by atoms with Crippen molar-refractivity contribution in [2.24, 2.45) is 5.92 Å². The lowest BCUT2D eigenvalue weighted by Crippen LogP contribution is -2.15. The number of rotatable bonds is 8. The fourth-order valence-electron chi connectivity index (χ4n) is 2.02. The SMILES string of the molecule is COc1ccc(Cl)cc1S(=O)(=O)Nc1ccc(NCCC(C)C)nn1. The van der Waals surface area contributed by atoms with Crippen LogP contribution in [0.1, 0.15) is 20.3 Å². The average Bonchev–Trinajstić information content (AvgIpc) is 2.56. The Kier molecular flexibility index (Phi) is 6.44. The minimum atomic E-state index is -3.90. The van der Waals surface area contributed by atoms with E-state index in [-0.39, 0.29) is 21.5 Å². The summed E-state index contributed by atoms with van der Waals surface area (Å²) < 4.78 is 32.5. The summed E-state index contributed by atoms with van der Waals surface area (Å²) in [7, 11) is -2.51. The predicted molar refractivity (Wildman–Crippen MR) is 98.8 cm³/mol. The quantitative estimate of drug-likeness (QED) is 0.724. The molecule has 0 amide bonds. The Bertz CT molecular complexity index is 811. The van der Waals surface area contributed by atoms with Gasteiger partial charge in [0.15, 0.2) is 5.82 Å². The molecule has 0 saturated carbocycles. The highest BCUT2D eigenvalue weighted by Gasteiger charge is 2.21. The molecule has 2 rings (SSSR count). The molecule has 1 aromatic carbocycles. The zero-order chi connectivity index (χ0) is 18.4. The van der Waals surface area contributed by atoms with Gasteiger partial charge in [-0.25, -0.2) is 8.42 Å². The van der Waals surface area contributed by atoms with Crippen LogP contribution >= 0.6 is 11.6 Å². The lowest BCUT2D eigenvalue weighted by molar-refractivity contribution is 0.403. The highest BCUT2D eigenvalue weighted by Crippen LogP contribution is 2.28. The predicted octanol–water partition coefficient (Wildman–Crippen LogP) is 3.40. The van der Waals surface area contributed by atoms with Crippen LogP contribution in [0.2, 0.25) is 5.02 Å². The van der Waals surface area contributed by atoms with Crippen molar-refractivity contribution in [3.63, 3.8) is 0 Å². The van der Waals surface area contributed by atoms with E-state index in [0.29, 0.717) is 11.7 Å². The molecule has 2 aromatic rings. The smallest absolute Gasteiger partial charge is 0.266 e. The molecule has 0 aliphatic carbocycles. The van der Waals surface area contributed by atoms with Crippen molar-refractivity contribution in [2.45, 2.75) is 25.2 Å². The molecular formula is C16H21ClN4O3S. The van der Waals surface area contributed by atoms with Crippen LogP contribution in [0.3, 0.4) is 0 Å². The van der Waals surface area contributed by atoms with Crippen LogP contribution in [0, 0.1) is 5.92 Å². The zero-order valence-electron chi connectivity index (χ0n) is 14.3. The van der Waals surface area contributed by atoms with Gasteiger partial charge >= 0.3 is 0 Å². The molecule has 0 aliphatic rings. The van der Waals surface area contributed by atoms with Crippen molar-refractivity contribution in [1.29, 1.82) is 0 Å². The van der Waals surface area contributed by atoms with Crippen LogP contribution in [0.5, 0.6) is 5.75 Å². The molecule has 7 nitrogen and oxygen atoms in total. The van der Waals surface area contributed by atoms with E-state index < -0.39 is 10.0 Å². The number of halogens is 1. The number of ether oxygens (including phenoxy) is 1. The summed E-state index contributed by atoms with van der Waals surface area (Å²) in [4.78, 5) is -0.0663. The molecule has 0 atom stereocenters. The van der Waals surface area contributed by atoms with E-state index in [1.54, 1.807) is 18.2 Å². The second kappa shape index (κ2) is 8.35. The number of anilines is 2. The summed E-state index contributed by atoms with van der Waals surface area (Å²) in [5.74, 6) is 1.47.